The predicted octanol–water partition coefficient (Wildman–Crippen LogP) is 3.69. The van der Waals surface area contributed by atoms with Crippen LogP contribution in [0.1, 0.15) is 23.2 Å². The lowest BCUT2D eigenvalue weighted by atomic mass is 10.1. The first kappa shape index (κ1) is 16.7. The number of carbonyl (C=O) groups excluding carboxylic acids is 1. The van der Waals surface area contributed by atoms with Crippen molar-refractivity contribution in [2.75, 3.05) is 23.3 Å². The molecule has 1 aliphatic rings. The Balaban J connectivity index is 1.67. The Labute approximate surface area is 144 Å². The smallest absolute Gasteiger partial charge is 0.255 e. The summed E-state index contributed by atoms with van der Waals surface area (Å²) in [6, 6.07) is 11.3. The number of amides is 1. The number of nitrogens with zero attached hydrogens (tertiary/aromatic N) is 1. The Morgan fingerprint density at radius 3 is 2.46 bits per heavy atom. The number of benzene rings is 2. The van der Waals surface area contributed by atoms with E-state index in [1.807, 2.05) is 12.1 Å². The maximum absolute atomic E-state index is 13.7. The Morgan fingerprint density at radius 2 is 1.83 bits per heavy atom. The van der Waals surface area contributed by atoms with Gasteiger partial charge in [0.15, 0.2) is 0 Å². The van der Waals surface area contributed by atoms with Crippen molar-refractivity contribution in [2.24, 2.45) is 0 Å². The van der Waals surface area contributed by atoms with Crippen LogP contribution in [-0.2, 0) is 0 Å². The molecule has 2 aromatic rings. The number of rotatable bonds is 3. The molecular formula is C18H18ClFN2O2. The first-order chi connectivity index (χ1) is 11.5. The van der Waals surface area contributed by atoms with Gasteiger partial charge in [-0.25, -0.2) is 4.39 Å². The second-order valence-corrected chi connectivity index (χ2v) is 6.28. The molecule has 1 amide bonds. The quantitative estimate of drug-likeness (QED) is 0.889. The number of aliphatic hydroxyl groups excluding tert-OH is 1. The van der Waals surface area contributed by atoms with E-state index in [1.165, 1.54) is 12.1 Å². The summed E-state index contributed by atoms with van der Waals surface area (Å²) in [4.78, 5) is 14.4. The zero-order valence-electron chi connectivity index (χ0n) is 13.0. The van der Waals surface area contributed by atoms with Gasteiger partial charge in [0.05, 0.1) is 11.8 Å². The van der Waals surface area contributed by atoms with Gasteiger partial charge in [-0.3, -0.25) is 4.79 Å². The molecule has 0 atom stereocenters. The van der Waals surface area contributed by atoms with Crippen molar-refractivity contribution < 1.29 is 14.3 Å². The average Bonchev–Trinajstić information content (AvgIpc) is 2.58. The monoisotopic (exact) mass is 348 g/mol. The number of aliphatic hydroxyl groups is 1. The van der Waals surface area contributed by atoms with Gasteiger partial charge in [0.25, 0.3) is 5.91 Å². The zero-order chi connectivity index (χ0) is 17.1. The van der Waals surface area contributed by atoms with Crippen molar-refractivity contribution in [2.45, 2.75) is 18.9 Å². The van der Waals surface area contributed by atoms with E-state index in [9.17, 15) is 14.3 Å². The zero-order valence-corrected chi connectivity index (χ0v) is 13.8. The largest absolute Gasteiger partial charge is 0.393 e. The summed E-state index contributed by atoms with van der Waals surface area (Å²) < 4.78 is 13.7. The molecule has 0 radical (unpaired) electrons. The molecule has 1 saturated heterocycles. The normalized spacial score (nSPS) is 15.4. The molecule has 0 spiro atoms. The van der Waals surface area contributed by atoms with E-state index in [-0.39, 0.29) is 22.7 Å². The number of nitrogens with one attached hydrogen (secondary N) is 1. The van der Waals surface area contributed by atoms with Crippen LogP contribution < -0.4 is 10.2 Å². The molecule has 24 heavy (non-hydrogen) atoms. The fraction of sp³-hybridized carbons (Fsp3) is 0.278. The lowest BCUT2D eigenvalue weighted by molar-refractivity contribution is 0.102. The highest BCUT2D eigenvalue weighted by molar-refractivity contribution is 6.30. The lowest BCUT2D eigenvalue weighted by Gasteiger charge is -2.31. The van der Waals surface area contributed by atoms with Crippen LogP contribution in [0.2, 0.25) is 5.02 Å². The van der Waals surface area contributed by atoms with Crippen molar-refractivity contribution >= 4 is 28.9 Å². The van der Waals surface area contributed by atoms with Crippen molar-refractivity contribution in [1.82, 2.24) is 0 Å². The van der Waals surface area contributed by atoms with Crippen LogP contribution in [0, 0.1) is 5.82 Å². The minimum atomic E-state index is -0.570. The molecule has 2 N–H and O–H groups in total. The highest BCUT2D eigenvalue weighted by Crippen LogP contribution is 2.22. The maximum Gasteiger partial charge on any atom is 0.255 e. The number of carbonyl (C=O) groups is 1. The summed E-state index contributed by atoms with van der Waals surface area (Å²) in [5.41, 5.74) is 1.56. The Kier molecular flexibility index (Phi) is 5.02. The van der Waals surface area contributed by atoms with E-state index in [4.69, 9.17) is 11.6 Å². The van der Waals surface area contributed by atoms with Gasteiger partial charge >= 0.3 is 0 Å². The summed E-state index contributed by atoms with van der Waals surface area (Å²) in [5.74, 6) is -0.948. The average molecular weight is 349 g/mol. The van der Waals surface area contributed by atoms with Crippen LogP contribution in [-0.4, -0.2) is 30.2 Å². The van der Waals surface area contributed by atoms with Gasteiger partial charge in [-0.1, -0.05) is 11.6 Å². The van der Waals surface area contributed by atoms with Crippen LogP contribution in [0.25, 0.3) is 0 Å². The molecule has 1 aliphatic heterocycles. The van der Waals surface area contributed by atoms with Crippen molar-refractivity contribution in [3.8, 4) is 0 Å². The van der Waals surface area contributed by atoms with Crippen LogP contribution in [0.4, 0.5) is 15.8 Å². The molecule has 3 rings (SSSR count). The van der Waals surface area contributed by atoms with Crippen molar-refractivity contribution in [3.63, 3.8) is 0 Å². The molecule has 0 saturated carbocycles. The first-order valence-electron chi connectivity index (χ1n) is 7.82. The van der Waals surface area contributed by atoms with Crippen LogP contribution in [0.15, 0.2) is 42.5 Å². The third-order valence-corrected chi connectivity index (χ3v) is 4.37. The highest BCUT2D eigenvalue weighted by Gasteiger charge is 2.17. The summed E-state index contributed by atoms with van der Waals surface area (Å²) in [6.07, 6.45) is 1.27. The fourth-order valence-corrected chi connectivity index (χ4v) is 2.89. The van der Waals surface area contributed by atoms with Gasteiger partial charge in [-0.05, 0) is 55.3 Å². The van der Waals surface area contributed by atoms with Gasteiger partial charge in [0.2, 0.25) is 0 Å². The van der Waals surface area contributed by atoms with E-state index >= 15 is 0 Å². The minimum absolute atomic E-state index is 0.0958. The van der Waals surface area contributed by atoms with E-state index in [2.05, 4.69) is 10.2 Å². The van der Waals surface area contributed by atoms with Crippen LogP contribution in [0.3, 0.4) is 0 Å². The molecule has 0 bridgehead atoms. The summed E-state index contributed by atoms with van der Waals surface area (Å²) in [6.45, 7) is 1.59. The highest BCUT2D eigenvalue weighted by atomic mass is 35.5. The maximum atomic E-state index is 13.7. The minimum Gasteiger partial charge on any atom is -0.393 e. The number of hydrogen-bond acceptors (Lipinski definition) is 3. The molecule has 126 valence electrons. The molecule has 0 aliphatic carbocycles. The summed E-state index contributed by atoms with van der Waals surface area (Å²) in [7, 11) is 0. The van der Waals surface area contributed by atoms with Crippen LogP contribution in [0.5, 0.6) is 0 Å². The fourth-order valence-electron chi connectivity index (χ4n) is 2.73. The number of halogens is 2. The van der Waals surface area contributed by atoms with Gasteiger partial charge in [0.1, 0.15) is 5.82 Å². The first-order valence-corrected chi connectivity index (χ1v) is 8.20. The molecule has 1 heterocycles. The summed E-state index contributed by atoms with van der Waals surface area (Å²) >= 11 is 5.70. The topological polar surface area (TPSA) is 52.6 Å². The second kappa shape index (κ2) is 7.20. The molecule has 2 aromatic carbocycles. The molecule has 1 fully saturated rings. The van der Waals surface area contributed by atoms with Crippen molar-refractivity contribution in [1.29, 1.82) is 0 Å². The lowest BCUT2D eigenvalue weighted by Crippen LogP contribution is -2.35. The van der Waals surface area contributed by atoms with Gasteiger partial charge in [-0.15, -0.1) is 0 Å². The van der Waals surface area contributed by atoms with Gasteiger partial charge < -0.3 is 15.3 Å². The van der Waals surface area contributed by atoms with Gasteiger partial charge in [-0.2, -0.15) is 0 Å². The second-order valence-electron chi connectivity index (χ2n) is 5.84. The standard InChI is InChI=1S/C18H18ClFN2O2/c19-13-3-6-17(16(20)11-13)21-18(24)12-1-4-14(5-2-12)22-9-7-15(23)8-10-22/h1-6,11,15,23H,7-10H2,(H,21,24). The van der Waals surface area contributed by atoms with Crippen LogP contribution >= 0.6 is 11.6 Å². The molecule has 0 unspecified atom stereocenters. The molecule has 6 heteroatoms. The third-order valence-electron chi connectivity index (χ3n) is 4.14. The Bertz CT molecular complexity index is 728. The SMILES string of the molecule is O=C(Nc1ccc(Cl)cc1F)c1ccc(N2CCC(O)CC2)cc1. The number of hydrogen-bond donors (Lipinski definition) is 2. The number of anilines is 2. The van der Waals surface area contributed by atoms with E-state index in [0.29, 0.717) is 5.56 Å². The molecule has 0 aromatic heterocycles. The summed E-state index contributed by atoms with van der Waals surface area (Å²) in [5, 5.41) is 12.4. The molecular weight excluding hydrogens is 331 g/mol. The third kappa shape index (κ3) is 3.86. The Morgan fingerprint density at radius 1 is 1.17 bits per heavy atom. The van der Waals surface area contributed by atoms with E-state index in [1.54, 1.807) is 12.1 Å². The predicted molar refractivity (Wildman–Crippen MR) is 93.3 cm³/mol. The van der Waals surface area contributed by atoms with Gasteiger partial charge in [0, 0.05) is 29.4 Å². The number of piperidine rings is 1. The Hall–Kier alpha value is -2.11. The van der Waals surface area contributed by atoms with E-state index < -0.39 is 5.82 Å². The van der Waals surface area contributed by atoms with E-state index in [0.717, 1.165) is 37.7 Å². The van der Waals surface area contributed by atoms with Crippen molar-refractivity contribution in [3.05, 3.63) is 58.9 Å². The molecule has 4 nitrogen and oxygen atoms in total.